The third kappa shape index (κ3) is 3.96. The quantitative estimate of drug-likeness (QED) is 0.833. The topological polar surface area (TPSA) is 24.3 Å². The lowest BCUT2D eigenvalue weighted by Crippen LogP contribution is -2.50. The monoisotopic (exact) mass is 338 g/mol. The predicted molar refractivity (Wildman–Crippen MR) is 102 cm³/mol. The molecule has 1 aromatic heterocycles. The van der Waals surface area contributed by atoms with Crippen LogP contribution in [0.2, 0.25) is 0 Å². The molecule has 4 heteroatoms. The van der Waals surface area contributed by atoms with Crippen LogP contribution in [0.15, 0.2) is 42.7 Å². The van der Waals surface area contributed by atoms with E-state index in [1.54, 1.807) is 0 Å². The number of hydrogen-bond donors (Lipinski definition) is 0. The van der Waals surface area contributed by atoms with Gasteiger partial charge >= 0.3 is 0 Å². The van der Waals surface area contributed by atoms with Crippen LogP contribution in [-0.4, -0.2) is 52.3 Å². The molecule has 1 aromatic carbocycles. The Labute approximate surface area is 151 Å². The van der Waals surface area contributed by atoms with Crippen molar-refractivity contribution in [2.45, 2.75) is 44.7 Å². The molecule has 4 nitrogen and oxygen atoms in total. The molecular formula is C21H30N4. The third-order valence-corrected chi connectivity index (χ3v) is 5.93. The molecule has 0 bridgehead atoms. The smallest absolute Gasteiger partial charge is 0.0645 e. The van der Waals surface area contributed by atoms with Gasteiger partial charge in [-0.25, -0.2) is 4.68 Å². The summed E-state index contributed by atoms with van der Waals surface area (Å²) in [5.74, 6) is 0.849. The maximum Gasteiger partial charge on any atom is 0.0645 e. The standard InChI is InChI=1S/C21H30N4/c1-23(17-19-6-4-14-24-13-3-2-7-21(19)24)16-18-8-10-20(11-9-18)25-15-5-12-22-25/h5,8-12,15,19,21H,2-4,6-7,13-14,16-17H2,1H3/t19-,21+/m0/s1. The maximum absolute atomic E-state index is 4.29. The highest BCUT2D eigenvalue weighted by atomic mass is 15.3. The predicted octanol–water partition coefficient (Wildman–Crippen LogP) is 3.57. The number of hydrogen-bond acceptors (Lipinski definition) is 3. The summed E-state index contributed by atoms with van der Waals surface area (Å²) < 4.78 is 1.91. The van der Waals surface area contributed by atoms with E-state index in [0.717, 1.165) is 24.2 Å². The lowest BCUT2D eigenvalue weighted by atomic mass is 9.83. The Morgan fingerprint density at radius 3 is 2.72 bits per heavy atom. The molecule has 0 N–H and O–H groups in total. The van der Waals surface area contributed by atoms with Crippen molar-refractivity contribution in [2.24, 2.45) is 5.92 Å². The Hall–Kier alpha value is -1.65. The van der Waals surface area contributed by atoms with E-state index in [0.29, 0.717) is 0 Å². The molecule has 2 aliphatic heterocycles. The van der Waals surface area contributed by atoms with Crippen LogP contribution < -0.4 is 0 Å². The summed E-state index contributed by atoms with van der Waals surface area (Å²) in [6, 6.07) is 11.6. The summed E-state index contributed by atoms with van der Waals surface area (Å²) in [5, 5.41) is 4.29. The summed E-state index contributed by atoms with van der Waals surface area (Å²) in [6.45, 7) is 4.92. The zero-order chi connectivity index (χ0) is 17.1. The second-order valence-corrected chi connectivity index (χ2v) is 7.82. The fourth-order valence-corrected chi connectivity index (χ4v) is 4.74. The number of fused-ring (bicyclic) bond motifs is 1. The van der Waals surface area contributed by atoms with E-state index in [1.165, 1.54) is 57.3 Å². The van der Waals surface area contributed by atoms with E-state index < -0.39 is 0 Å². The van der Waals surface area contributed by atoms with Crippen LogP contribution in [0.1, 0.15) is 37.7 Å². The minimum atomic E-state index is 0.840. The Bertz CT molecular complexity index is 647. The van der Waals surface area contributed by atoms with Gasteiger partial charge in [0.2, 0.25) is 0 Å². The first-order chi connectivity index (χ1) is 12.3. The molecule has 2 aliphatic rings. The second-order valence-electron chi connectivity index (χ2n) is 7.82. The Balaban J connectivity index is 1.34. The minimum Gasteiger partial charge on any atom is -0.302 e. The number of rotatable bonds is 5. The van der Waals surface area contributed by atoms with Crippen LogP contribution in [0, 0.1) is 5.92 Å². The van der Waals surface area contributed by atoms with Crippen LogP contribution in [0.25, 0.3) is 5.69 Å². The Morgan fingerprint density at radius 2 is 1.92 bits per heavy atom. The van der Waals surface area contributed by atoms with Crippen molar-refractivity contribution in [3.8, 4) is 5.69 Å². The van der Waals surface area contributed by atoms with E-state index in [4.69, 9.17) is 0 Å². The molecule has 3 heterocycles. The summed E-state index contributed by atoms with van der Waals surface area (Å²) in [4.78, 5) is 5.29. The van der Waals surface area contributed by atoms with E-state index in [-0.39, 0.29) is 0 Å². The molecule has 0 saturated carbocycles. The molecule has 0 amide bonds. The number of piperidine rings is 2. The minimum absolute atomic E-state index is 0.840. The van der Waals surface area contributed by atoms with Crippen LogP contribution in [-0.2, 0) is 6.54 Å². The van der Waals surface area contributed by atoms with Gasteiger partial charge in [0.05, 0.1) is 5.69 Å². The number of benzene rings is 1. The normalized spacial score (nSPS) is 24.4. The average Bonchev–Trinajstić information content (AvgIpc) is 3.17. The van der Waals surface area contributed by atoms with Gasteiger partial charge in [-0.15, -0.1) is 0 Å². The van der Waals surface area contributed by atoms with Crippen molar-refractivity contribution in [2.75, 3.05) is 26.7 Å². The SMILES string of the molecule is CN(Cc1ccc(-n2cccn2)cc1)C[C@@H]1CCCN2CCCC[C@H]12. The molecular weight excluding hydrogens is 308 g/mol. The highest BCUT2D eigenvalue weighted by molar-refractivity contribution is 5.33. The molecule has 0 radical (unpaired) electrons. The molecule has 2 atom stereocenters. The zero-order valence-electron chi connectivity index (χ0n) is 15.3. The average molecular weight is 338 g/mol. The fraction of sp³-hybridized carbons (Fsp3) is 0.571. The lowest BCUT2D eigenvalue weighted by Gasteiger charge is -2.45. The van der Waals surface area contributed by atoms with Gasteiger partial charge in [0.25, 0.3) is 0 Å². The molecule has 2 saturated heterocycles. The molecule has 0 aliphatic carbocycles. The molecule has 0 spiro atoms. The van der Waals surface area contributed by atoms with E-state index in [1.807, 2.05) is 23.1 Å². The maximum atomic E-state index is 4.29. The second kappa shape index (κ2) is 7.71. The van der Waals surface area contributed by atoms with Crippen molar-refractivity contribution in [1.29, 1.82) is 0 Å². The van der Waals surface area contributed by atoms with Gasteiger partial charge in [-0.05, 0) is 75.5 Å². The van der Waals surface area contributed by atoms with Crippen LogP contribution in [0.5, 0.6) is 0 Å². The molecule has 25 heavy (non-hydrogen) atoms. The van der Waals surface area contributed by atoms with E-state index in [9.17, 15) is 0 Å². The summed E-state index contributed by atoms with van der Waals surface area (Å²) >= 11 is 0. The zero-order valence-corrected chi connectivity index (χ0v) is 15.3. The first kappa shape index (κ1) is 16.8. The number of aromatic nitrogens is 2. The van der Waals surface area contributed by atoms with Crippen LogP contribution >= 0.6 is 0 Å². The summed E-state index contributed by atoms with van der Waals surface area (Å²) in [5.41, 5.74) is 2.51. The van der Waals surface area contributed by atoms with Crippen LogP contribution in [0.3, 0.4) is 0 Å². The van der Waals surface area contributed by atoms with Crippen molar-refractivity contribution in [3.05, 3.63) is 48.3 Å². The number of nitrogens with zero attached hydrogens (tertiary/aromatic N) is 4. The first-order valence-electron chi connectivity index (χ1n) is 9.81. The van der Waals surface area contributed by atoms with Gasteiger partial charge < -0.3 is 9.80 Å². The fourth-order valence-electron chi connectivity index (χ4n) is 4.74. The summed E-state index contributed by atoms with van der Waals surface area (Å²) in [6.07, 6.45) is 10.8. The van der Waals surface area contributed by atoms with Gasteiger partial charge in [0.15, 0.2) is 0 Å². The van der Waals surface area contributed by atoms with Gasteiger partial charge in [-0.1, -0.05) is 18.6 Å². The Kier molecular flexibility index (Phi) is 5.18. The van der Waals surface area contributed by atoms with Gasteiger partial charge in [-0.3, -0.25) is 0 Å². The third-order valence-electron chi connectivity index (χ3n) is 5.93. The molecule has 0 unspecified atom stereocenters. The molecule has 4 rings (SSSR count). The van der Waals surface area contributed by atoms with E-state index >= 15 is 0 Å². The van der Waals surface area contributed by atoms with Crippen molar-refractivity contribution >= 4 is 0 Å². The largest absolute Gasteiger partial charge is 0.302 e. The first-order valence-corrected chi connectivity index (χ1v) is 9.81. The van der Waals surface area contributed by atoms with Gasteiger partial charge in [0, 0.05) is 31.5 Å². The molecule has 2 fully saturated rings. The van der Waals surface area contributed by atoms with E-state index in [2.05, 4.69) is 46.2 Å². The van der Waals surface area contributed by atoms with Crippen molar-refractivity contribution in [1.82, 2.24) is 19.6 Å². The van der Waals surface area contributed by atoms with Crippen molar-refractivity contribution < 1.29 is 0 Å². The molecule has 134 valence electrons. The highest BCUT2D eigenvalue weighted by Crippen LogP contribution is 2.31. The Morgan fingerprint density at radius 1 is 1.08 bits per heavy atom. The van der Waals surface area contributed by atoms with Gasteiger partial charge in [-0.2, -0.15) is 5.10 Å². The van der Waals surface area contributed by atoms with Gasteiger partial charge in [0.1, 0.15) is 0 Å². The van der Waals surface area contributed by atoms with Crippen molar-refractivity contribution in [3.63, 3.8) is 0 Å². The molecule has 2 aromatic rings. The van der Waals surface area contributed by atoms with Crippen LogP contribution in [0.4, 0.5) is 0 Å². The highest BCUT2D eigenvalue weighted by Gasteiger charge is 2.33. The summed E-state index contributed by atoms with van der Waals surface area (Å²) in [7, 11) is 2.28. The lowest BCUT2D eigenvalue weighted by molar-refractivity contribution is 0.0435.